The zero-order valence-electron chi connectivity index (χ0n) is 9.59. The predicted molar refractivity (Wildman–Crippen MR) is 62.1 cm³/mol. The highest BCUT2D eigenvalue weighted by Gasteiger charge is 2.09. The van der Waals surface area contributed by atoms with Crippen molar-refractivity contribution in [3.63, 3.8) is 0 Å². The molecule has 0 radical (unpaired) electrons. The van der Waals surface area contributed by atoms with Crippen LogP contribution in [-0.4, -0.2) is 31.6 Å². The minimum absolute atomic E-state index is 0.126. The van der Waals surface area contributed by atoms with Crippen molar-refractivity contribution in [1.29, 1.82) is 0 Å². The van der Waals surface area contributed by atoms with Gasteiger partial charge in [0.1, 0.15) is 11.6 Å². The molecule has 0 aliphatic rings. The van der Waals surface area contributed by atoms with Gasteiger partial charge in [0.2, 0.25) is 5.28 Å². The average molecular weight is 254 g/mol. The van der Waals surface area contributed by atoms with Crippen LogP contribution in [0.15, 0.2) is 12.4 Å². The van der Waals surface area contributed by atoms with Gasteiger partial charge >= 0.3 is 6.01 Å². The van der Waals surface area contributed by atoms with Gasteiger partial charge in [0.25, 0.3) is 0 Å². The van der Waals surface area contributed by atoms with Crippen molar-refractivity contribution in [2.45, 2.75) is 19.9 Å². The minimum atomic E-state index is 0.126. The van der Waals surface area contributed by atoms with Crippen molar-refractivity contribution in [2.75, 3.05) is 7.11 Å². The Morgan fingerprint density at radius 2 is 2.18 bits per heavy atom. The Bertz CT molecular complexity index is 513. The first-order valence-electron chi connectivity index (χ1n) is 5.17. The molecule has 0 atom stereocenters. The molecule has 0 fully saturated rings. The number of hydrogen-bond acceptors (Lipinski definition) is 5. The molecule has 17 heavy (non-hydrogen) atoms. The topological polar surface area (TPSA) is 65.7 Å². The van der Waals surface area contributed by atoms with Crippen molar-refractivity contribution < 1.29 is 4.74 Å². The molecule has 7 heteroatoms. The van der Waals surface area contributed by atoms with E-state index in [4.69, 9.17) is 16.3 Å². The van der Waals surface area contributed by atoms with Gasteiger partial charge in [-0.3, -0.25) is 0 Å². The second-order valence-corrected chi connectivity index (χ2v) is 3.65. The van der Waals surface area contributed by atoms with Crippen LogP contribution in [0.3, 0.4) is 0 Å². The summed E-state index contributed by atoms with van der Waals surface area (Å²) in [4.78, 5) is 16.2. The molecule has 90 valence electrons. The summed E-state index contributed by atoms with van der Waals surface area (Å²) in [6, 6.07) is 0.217. The Kier molecular flexibility index (Phi) is 3.53. The molecule has 6 nitrogen and oxygen atoms in total. The molecule has 0 N–H and O–H groups in total. The average Bonchev–Trinajstić information content (AvgIpc) is 2.75. The van der Waals surface area contributed by atoms with E-state index in [2.05, 4.69) is 19.9 Å². The van der Waals surface area contributed by atoms with Gasteiger partial charge in [-0.1, -0.05) is 0 Å². The first kappa shape index (κ1) is 11.8. The fraction of sp³-hybridized carbons (Fsp3) is 0.400. The van der Waals surface area contributed by atoms with Crippen LogP contribution in [-0.2, 0) is 13.0 Å². The maximum Gasteiger partial charge on any atom is 0.320 e. The van der Waals surface area contributed by atoms with E-state index in [1.807, 2.05) is 17.7 Å². The Labute approximate surface area is 104 Å². The highest BCUT2D eigenvalue weighted by atomic mass is 35.5. The molecule has 0 spiro atoms. The number of aromatic nitrogens is 5. The summed E-state index contributed by atoms with van der Waals surface area (Å²) in [5.41, 5.74) is 0. The lowest BCUT2D eigenvalue weighted by Crippen LogP contribution is -2.06. The van der Waals surface area contributed by atoms with Crippen LogP contribution in [0.4, 0.5) is 0 Å². The van der Waals surface area contributed by atoms with Gasteiger partial charge in [0, 0.05) is 18.9 Å². The van der Waals surface area contributed by atoms with E-state index in [9.17, 15) is 0 Å². The largest absolute Gasteiger partial charge is 0.467 e. The Morgan fingerprint density at radius 3 is 2.88 bits per heavy atom. The first-order chi connectivity index (χ1) is 8.22. The Balaban J connectivity index is 2.26. The molecule has 0 bridgehead atoms. The van der Waals surface area contributed by atoms with E-state index >= 15 is 0 Å². The van der Waals surface area contributed by atoms with E-state index in [0.717, 1.165) is 12.4 Å². The lowest BCUT2D eigenvalue weighted by Gasteiger charge is -2.05. The molecular formula is C10H12ClN5O. The molecular weight excluding hydrogens is 242 g/mol. The standard InChI is InChI=1S/C10H12ClN5O/c1-3-16-5-4-12-8(16)6-7-13-9(11)15-10(14-7)17-2/h4-5H,3,6H2,1-2H3. The molecule has 0 aliphatic carbocycles. The summed E-state index contributed by atoms with van der Waals surface area (Å²) in [5, 5.41) is 0.126. The third-order valence-electron chi connectivity index (χ3n) is 2.28. The summed E-state index contributed by atoms with van der Waals surface area (Å²) in [5.74, 6) is 1.43. The smallest absolute Gasteiger partial charge is 0.320 e. The third kappa shape index (κ3) is 2.71. The summed E-state index contributed by atoms with van der Waals surface area (Å²) in [6.45, 7) is 2.90. The van der Waals surface area contributed by atoms with Gasteiger partial charge in [-0.2, -0.15) is 9.97 Å². The maximum absolute atomic E-state index is 5.77. The zero-order chi connectivity index (χ0) is 12.3. The van der Waals surface area contributed by atoms with Gasteiger partial charge in [-0.25, -0.2) is 9.97 Å². The molecule has 0 amide bonds. The van der Waals surface area contributed by atoms with Crippen LogP contribution < -0.4 is 4.74 Å². The minimum Gasteiger partial charge on any atom is -0.467 e. The van der Waals surface area contributed by atoms with Crippen LogP contribution in [0.5, 0.6) is 6.01 Å². The number of ether oxygens (including phenoxy) is 1. The first-order valence-corrected chi connectivity index (χ1v) is 5.55. The number of rotatable bonds is 4. The maximum atomic E-state index is 5.77. The van der Waals surface area contributed by atoms with Crippen LogP contribution >= 0.6 is 11.6 Å². The quantitative estimate of drug-likeness (QED) is 0.823. The fourth-order valence-electron chi connectivity index (χ4n) is 1.48. The van der Waals surface area contributed by atoms with Crippen LogP contribution in [0.25, 0.3) is 0 Å². The summed E-state index contributed by atoms with van der Waals surface area (Å²) in [7, 11) is 1.49. The summed E-state index contributed by atoms with van der Waals surface area (Å²) < 4.78 is 6.96. The number of nitrogens with zero attached hydrogens (tertiary/aromatic N) is 5. The van der Waals surface area contributed by atoms with E-state index in [-0.39, 0.29) is 11.3 Å². The van der Waals surface area contributed by atoms with Gasteiger partial charge in [0.15, 0.2) is 0 Å². The van der Waals surface area contributed by atoms with E-state index in [1.165, 1.54) is 7.11 Å². The predicted octanol–water partition coefficient (Wildman–Crippen LogP) is 1.34. The van der Waals surface area contributed by atoms with E-state index in [1.54, 1.807) is 6.20 Å². The van der Waals surface area contributed by atoms with Crippen molar-refractivity contribution >= 4 is 11.6 Å². The lowest BCUT2D eigenvalue weighted by molar-refractivity contribution is 0.376. The van der Waals surface area contributed by atoms with Gasteiger partial charge < -0.3 is 9.30 Å². The second kappa shape index (κ2) is 5.09. The molecule has 2 rings (SSSR count). The van der Waals surface area contributed by atoms with Crippen molar-refractivity contribution in [3.05, 3.63) is 29.3 Å². The third-order valence-corrected chi connectivity index (χ3v) is 2.44. The van der Waals surface area contributed by atoms with Crippen molar-refractivity contribution in [2.24, 2.45) is 0 Å². The number of hydrogen-bond donors (Lipinski definition) is 0. The van der Waals surface area contributed by atoms with Crippen LogP contribution in [0.1, 0.15) is 18.6 Å². The van der Waals surface area contributed by atoms with E-state index in [0.29, 0.717) is 12.2 Å². The summed E-state index contributed by atoms with van der Waals surface area (Å²) >= 11 is 5.77. The number of halogens is 1. The van der Waals surface area contributed by atoms with Crippen molar-refractivity contribution in [1.82, 2.24) is 24.5 Å². The van der Waals surface area contributed by atoms with E-state index < -0.39 is 0 Å². The lowest BCUT2D eigenvalue weighted by atomic mass is 10.4. The second-order valence-electron chi connectivity index (χ2n) is 3.31. The Morgan fingerprint density at radius 1 is 1.35 bits per heavy atom. The molecule has 0 saturated heterocycles. The Hall–Kier alpha value is -1.69. The molecule has 0 aliphatic heterocycles. The van der Waals surface area contributed by atoms with Crippen LogP contribution in [0.2, 0.25) is 5.28 Å². The number of aryl methyl sites for hydroxylation is 1. The molecule has 0 aromatic carbocycles. The monoisotopic (exact) mass is 253 g/mol. The van der Waals surface area contributed by atoms with Gasteiger partial charge in [-0.05, 0) is 18.5 Å². The molecule has 2 aromatic heterocycles. The SMILES string of the molecule is CCn1ccnc1Cc1nc(Cl)nc(OC)n1. The summed E-state index contributed by atoms with van der Waals surface area (Å²) in [6.07, 6.45) is 4.16. The fourth-order valence-corrected chi connectivity index (χ4v) is 1.65. The normalized spacial score (nSPS) is 10.5. The molecule has 0 saturated carbocycles. The molecule has 2 heterocycles. The van der Waals surface area contributed by atoms with Crippen molar-refractivity contribution in [3.8, 4) is 6.01 Å². The van der Waals surface area contributed by atoms with Gasteiger partial charge in [-0.15, -0.1) is 0 Å². The van der Waals surface area contributed by atoms with Crippen LogP contribution in [0, 0.1) is 0 Å². The van der Waals surface area contributed by atoms with Gasteiger partial charge in [0.05, 0.1) is 13.5 Å². The zero-order valence-corrected chi connectivity index (χ0v) is 10.3. The highest BCUT2D eigenvalue weighted by molar-refractivity contribution is 6.28. The highest BCUT2D eigenvalue weighted by Crippen LogP contribution is 2.10. The number of methoxy groups -OCH3 is 1. The molecule has 2 aromatic rings. The molecule has 0 unspecified atom stereocenters. The number of imidazole rings is 1.